The van der Waals surface area contributed by atoms with Gasteiger partial charge in [-0.3, -0.25) is 4.79 Å². The molecule has 0 aliphatic heterocycles. The molecule has 16 heavy (non-hydrogen) atoms. The monoisotopic (exact) mass is 225 g/mol. The molecule has 1 unspecified atom stereocenters. The molecule has 0 aliphatic rings. The maximum Gasteiger partial charge on any atom is 0.324 e. The van der Waals surface area contributed by atoms with E-state index >= 15 is 0 Å². The standard InChI is InChI=1S/C11H15NO4/c1-15-6-8-3-2-4-9(5-8)16-7-10(12)11(13)14/h2-5,10H,6-7,12H2,1H3,(H,13,14). The van der Waals surface area contributed by atoms with Gasteiger partial charge in [0.05, 0.1) is 6.61 Å². The smallest absolute Gasteiger partial charge is 0.324 e. The summed E-state index contributed by atoms with van der Waals surface area (Å²) < 4.78 is 10.2. The molecule has 0 aromatic heterocycles. The zero-order chi connectivity index (χ0) is 12.0. The van der Waals surface area contributed by atoms with E-state index in [-0.39, 0.29) is 6.61 Å². The van der Waals surface area contributed by atoms with Gasteiger partial charge in [0.2, 0.25) is 0 Å². The van der Waals surface area contributed by atoms with Crippen LogP contribution in [0, 0.1) is 0 Å². The van der Waals surface area contributed by atoms with E-state index in [2.05, 4.69) is 0 Å². The lowest BCUT2D eigenvalue weighted by Crippen LogP contribution is -2.36. The molecule has 0 spiro atoms. The van der Waals surface area contributed by atoms with Crippen LogP contribution < -0.4 is 10.5 Å². The first kappa shape index (κ1) is 12.5. The molecule has 0 aliphatic carbocycles. The van der Waals surface area contributed by atoms with Crippen molar-refractivity contribution in [2.45, 2.75) is 12.6 Å². The van der Waals surface area contributed by atoms with Crippen molar-refractivity contribution >= 4 is 5.97 Å². The number of ether oxygens (including phenoxy) is 2. The second kappa shape index (κ2) is 6.09. The molecule has 5 nitrogen and oxygen atoms in total. The summed E-state index contributed by atoms with van der Waals surface area (Å²) in [4.78, 5) is 10.5. The normalized spacial score (nSPS) is 12.1. The Hall–Kier alpha value is -1.59. The Morgan fingerprint density at radius 2 is 2.31 bits per heavy atom. The van der Waals surface area contributed by atoms with Gasteiger partial charge in [0.15, 0.2) is 0 Å². The summed E-state index contributed by atoms with van der Waals surface area (Å²) in [7, 11) is 1.61. The lowest BCUT2D eigenvalue weighted by Gasteiger charge is -2.10. The highest BCUT2D eigenvalue weighted by atomic mass is 16.5. The largest absolute Gasteiger partial charge is 0.491 e. The van der Waals surface area contributed by atoms with Crippen LogP contribution in [-0.4, -0.2) is 30.8 Å². The van der Waals surface area contributed by atoms with E-state index in [0.717, 1.165) is 5.56 Å². The molecule has 1 aromatic carbocycles. The predicted molar refractivity (Wildman–Crippen MR) is 58.3 cm³/mol. The van der Waals surface area contributed by atoms with Crippen LogP contribution in [0.2, 0.25) is 0 Å². The summed E-state index contributed by atoms with van der Waals surface area (Å²) in [5.74, 6) is -0.487. The Labute approximate surface area is 93.8 Å². The highest BCUT2D eigenvalue weighted by Crippen LogP contribution is 2.13. The zero-order valence-corrected chi connectivity index (χ0v) is 9.05. The third-order valence-corrected chi connectivity index (χ3v) is 1.96. The second-order valence-electron chi connectivity index (χ2n) is 3.34. The van der Waals surface area contributed by atoms with Crippen molar-refractivity contribution in [3.63, 3.8) is 0 Å². The fourth-order valence-electron chi connectivity index (χ4n) is 1.15. The topological polar surface area (TPSA) is 81.8 Å². The highest BCUT2D eigenvalue weighted by Gasteiger charge is 2.11. The van der Waals surface area contributed by atoms with Crippen molar-refractivity contribution in [3.8, 4) is 5.75 Å². The van der Waals surface area contributed by atoms with E-state index in [4.69, 9.17) is 20.3 Å². The van der Waals surface area contributed by atoms with Crippen LogP contribution in [0.3, 0.4) is 0 Å². The number of rotatable bonds is 6. The van der Waals surface area contributed by atoms with Crippen LogP contribution in [0.4, 0.5) is 0 Å². The molecule has 1 aromatic rings. The van der Waals surface area contributed by atoms with Gasteiger partial charge in [-0.05, 0) is 17.7 Å². The molecule has 0 bridgehead atoms. The van der Waals surface area contributed by atoms with Crippen LogP contribution in [0.5, 0.6) is 5.75 Å². The maximum absolute atomic E-state index is 10.5. The number of carboxylic acid groups (broad SMARTS) is 1. The minimum absolute atomic E-state index is 0.0498. The average Bonchev–Trinajstić information content (AvgIpc) is 2.26. The molecule has 0 saturated carbocycles. The Bertz CT molecular complexity index is 354. The van der Waals surface area contributed by atoms with Gasteiger partial charge < -0.3 is 20.3 Å². The number of hydrogen-bond donors (Lipinski definition) is 2. The van der Waals surface area contributed by atoms with Gasteiger partial charge in [-0.1, -0.05) is 12.1 Å². The minimum atomic E-state index is -1.08. The van der Waals surface area contributed by atoms with E-state index in [0.29, 0.717) is 12.4 Å². The van der Waals surface area contributed by atoms with Crippen LogP contribution >= 0.6 is 0 Å². The molecule has 0 heterocycles. The lowest BCUT2D eigenvalue weighted by atomic mass is 10.2. The van der Waals surface area contributed by atoms with Gasteiger partial charge in [-0.2, -0.15) is 0 Å². The van der Waals surface area contributed by atoms with Gasteiger partial charge in [-0.25, -0.2) is 0 Å². The first-order valence-electron chi connectivity index (χ1n) is 4.82. The molecule has 5 heteroatoms. The fraction of sp³-hybridized carbons (Fsp3) is 0.364. The highest BCUT2D eigenvalue weighted by molar-refractivity contribution is 5.73. The molecule has 88 valence electrons. The predicted octanol–water partition coefficient (Wildman–Crippen LogP) is 0.624. The average molecular weight is 225 g/mol. The number of nitrogens with two attached hydrogens (primary N) is 1. The van der Waals surface area contributed by atoms with Crippen molar-refractivity contribution in [1.29, 1.82) is 0 Å². The van der Waals surface area contributed by atoms with Crippen molar-refractivity contribution in [1.82, 2.24) is 0 Å². The van der Waals surface area contributed by atoms with Crippen LogP contribution in [0.1, 0.15) is 5.56 Å². The van der Waals surface area contributed by atoms with Crippen LogP contribution in [-0.2, 0) is 16.1 Å². The third kappa shape index (κ3) is 3.88. The maximum atomic E-state index is 10.5. The van der Waals surface area contributed by atoms with E-state index in [1.165, 1.54) is 0 Å². The van der Waals surface area contributed by atoms with Gasteiger partial charge in [0.1, 0.15) is 18.4 Å². The van der Waals surface area contributed by atoms with E-state index in [9.17, 15) is 4.79 Å². The summed E-state index contributed by atoms with van der Waals surface area (Å²) in [6.07, 6.45) is 0. The Kier molecular flexibility index (Phi) is 4.75. The van der Waals surface area contributed by atoms with Crippen molar-refractivity contribution in [3.05, 3.63) is 29.8 Å². The Balaban J connectivity index is 2.53. The first-order valence-corrected chi connectivity index (χ1v) is 4.82. The number of carboxylic acids is 1. The molecule has 1 rings (SSSR count). The van der Waals surface area contributed by atoms with E-state index in [1.807, 2.05) is 12.1 Å². The van der Waals surface area contributed by atoms with Gasteiger partial charge >= 0.3 is 5.97 Å². The summed E-state index contributed by atoms with van der Waals surface area (Å²) in [6.45, 7) is 0.438. The SMILES string of the molecule is COCc1cccc(OCC(N)C(=O)O)c1. The van der Waals surface area contributed by atoms with Crippen molar-refractivity contribution < 1.29 is 19.4 Å². The number of benzene rings is 1. The van der Waals surface area contributed by atoms with E-state index in [1.54, 1.807) is 19.2 Å². The number of carbonyl (C=O) groups is 1. The summed E-state index contributed by atoms with van der Waals surface area (Å²) in [5, 5.41) is 8.57. The van der Waals surface area contributed by atoms with Gasteiger partial charge in [0, 0.05) is 7.11 Å². The van der Waals surface area contributed by atoms with Crippen LogP contribution in [0.25, 0.3) is 0 Å². The fourth-order valence-corrected chi connectivity index (χ4v) is 1.15. The number of aliphatic carboxylic acids is 1. The second-order valence-corrected chi connectivity index (χ2v) is 3.34. The van der Waals surface area contributed by atoms with Crippen LogP contribution in [0.15, 0.2) is 24.3 Å². The van der Waals surface area contributed by atoms with Crippen molar-refractivity contribution in [2.75, 3.05) is 13.7 Å². The third-order valence-electron chi connectivity index (χ3n) is 1.96. The Morgan fingerprint density at radius 3 is 2.94 bits per heavy atom. The molecule has 3 N–H and O–H groups in total. The molecule has 0 amide bonds. The summed E-state index contributed by atoms with van der Waals surface area (Å²) in [6, 6.07) is 6.24. The lowest BCUT2D eigenvalue weighted by molar-refractivity contribution is -0.139. The number of hydrogen-bond acceptors (Lipinski definition) is 4. The molecule has 0 fully saturated rings. The Morgan fingerprint density at radius 1 is 1.56 bits per heavy atom. The van der Waals surface area contributed by atoms with Gasteiger partial charge in [-0.15, -0.1) is 0 Å². The minimum Gasteiger partial charge on any atom is -0.491 e. The number of methoxy groups -OCH3 is 1. The quantitative estimate of drug-likeness (QED) is 0.741. The molecule has 0 saturated heterocycles. The molecule has 1 atom stereocenters. The molecular weight excluding hydrogens is 210 g/mol. The van der Waals surface area contributed by atoms with Crippen molar-refractivity contribution in [2.24, 2.45) is 5.73 Å². The van der Waals surface area contributed by atoms with Gasteiger partial charge in [0.25, 0.3) is 0 Å². The molecular formula is C11H15NO4. The van der Waals surface area contributed by atoms with E-state index < -0.39 is 12.0 Å². The summed E-state index contributed by atoms with van der Waals surface area (Å²) >= 11 is 0. The first-order chi connectivity index (χ1) is 7.63. The summed E-state index contributed by atoms with van der Waals surface area (Å²) in [5.41, 5.74) is 6.27. The zero-order valence-electron chi connectivity index (χ0n) is 9.05. The molecule has 0 radical (unpaired) electrons.